The highest BCUT2D eigenvalue weighted by atomic mass is 16.6. The first kappa shape index (κ1) is 14.3. The minimum absolute atomic E-state index is 0.0784. The first-order valence-electron chi connectivity index (χ1n) is 7.41. The fourth-order valence-electron chi connectivity index (χ4n) is 2.93. The van der Waals surface area contributed by atoms with Gasteiger partial charge in [0, 0.05) is 22.9 Å². The summed E-state index contributed by atoms with van der Waals surface area (Å²) in [5, 5.41) is 13.2. The van der Waals surface area contributed by atoms with E-state index in [4.69, 9.17) is 9.15 Å². The van der Waals surface area contributed by atoms with Gasteiger partial charge in [-0.3, -0.25) is 10.1 Å². The lowest BCUT2D eigenvalue weighted by Gasteiger charge is -2.02. The van der Waals surface area contributed by atoms with E-state index in [1.54, 1.807) is 25.3 Å². The van der Waals surface area contributed by atoms with E-state index in [9.17, 15) is 10.1 Å². The Hall–Kier alpha value is -3.34. The van der Waals surface area contributed by atoms with Crippen LogP contribution in [0.1, 0.15) is 0 Å². The van der Waals surface area contributed by atoms with E-state index >= 15 is 0 Å². The molecule has 5 heteroatoms. The molecule has 0 amide bonds. The molecule has 0 radical (unpaired) electrons. The maximum Gasteiger partial charge on any atom is 0.277 e. The minimum Gasteiger partial charge on any atom is -0.497 e. The fourth-order valence-corrected chi connectivity index (χ4v) is 2.93. The van der Waals surface area contributed by atoms with Crippen LogP contribution in [-0.4, -0.2) is 12.0 Å². The second-order valence-electron chi connectivity index (χ2n) is 5.45. The Labute approximate surface area is 137 Å². The molecular weight excluding hydrogens is 306 g/mol. The van der Waals surface area contributed by atoms with Crippen molar-refractivity contribution in [1.82, 2.24) is 0 Å². The molecule has 1 aromatic heterocycles. The zero-order chi connectivity index (χ0) is 16.7. The number of nitrogens with zero attached hydrogens (tertiary/aromatic N) is 1. The summed E-state index contributed by atoms with van der Waals surface area (Å²) in [5.74, 6) is 0.723. The summed E-state index contributed by atoms with van der Waals surface area (Å²) >= 11 is 0. The minimum atomic E-state index is -0.372. The van der Waals surface area contributed by atoms with E-state index in [2.05, 4.69) is 0 Å². The Morgan fingerprint density at radius 3 is 2.42 bits per heavy atom. The lowest BCUT2D eigenvalue weighted by molar-refractivity contribution is -0.384. The Morgan fingerprint density at radius 2 is 1.67 bits per heavy atom. The molecule has 24 heavy (non-hydrogen) atoms. The average molecular weight is 319 g/mol. The number of benzene rings is 3. The number of hydrogen-bond acceptors (Lipinski definition) is 4. The number of nitro benzene ring substituents is 1. The van der Waals surface area contributed by atoms with Gasteiger partial charge >= 0.3 is 0 Å². The Morgan fingerprint density at radius 1 is 0.958 bits per heavy atom. The number of rotatable bonds is 3. The molecule has 0 aliphatic heterocycles. The van der Waals surface area contributed by atoms with Crippen LogP contribution in [0, 0.1) is 10.1 Å². The summed E-state index contributed by atoms with van der Waals surface area (Å²) in [7, 11) is 1.61. The lowest BCUT2D eigenvalue weighted by Crippen LogP contribution is -1.91. The summed E-state index contributed by atoms with van der Waals surface area (Å²) in [5.41, 5.74) is 2.82. The normalized spacial score (nSPS) is 11.0. The van der Waals surface area contributed by atoms with Gasteiger partial charge in [0.25, 0.3) is 5.69 Å². The molecule has 3 aromatic carbocycles. The van der Waals surface area contributed by atoms with Crippen LogP contribution in [0.2, 0.25) is 0 Å². The van der Waals surface area contributed by atoms with E-state index in [1.165, 1.54) is 6.07 Å². The molecule has 0 atom stereocenters. The SMILES string of the molecule is COc1ccc2c(c1)oc1cc(-c3ccccc3[N+](=O)[O-])ccc12. The van der Waals surface area contributed by atoms with Crippen molar-refractivity contribution in [2.75, 3.05) is 7.11 Å². The zero-order valence-corrected chi connectivity index (χ0v) is 12.9. The summed E-state index contributed by atoms with van der Waals surface area (Å²) < 4.78 is 11.1. The summed E-state index contributed by atoms with van der Waals surface area (Å²) in [6, 6.07) is 18.0. The van der Waals surface area contributed by atoms with Gasteiger partial charge in [-0.1, -0.05) is 18.2 Å². The van der Waals surface area contributed by atoms with Crippen molar-refractivity contribution in [2.45, 2.75) is 0 Å². The molecule has 5 nitrogen and oxygen atoms in total. The van der Waals surface area contributed by atoms with Crippen molar-refractivity contribution in [3.8, 4) is 16.9 Å². The molecule has 0 saturated carbocycles. The number of nitro groups is 1. The van der Waals surface area contributed by atoms with Gasteiger partial charge < -0.3 is 9.15 Å². The van der Waals surface area contributed by atoms with Crippen molar-refractivity contribution in [2.24, 2.45) is 0 Å². The first-order chi connectivity index (χ1) is 11.7. The maximum atomic E-state index is 11.2. The summed E-state index contributed by atoms with van der Waals surface area (Å²) in [4.78, 5) is 10.9. The van der Waals surface area contributed by atoms with Crippen molar-refractivity contribution >= 4 is 27.6 Å². The quantitative estimate of drug-likeness (QED) is 0.386. The number of furan rings is 1. The van der Waals surface area contributed by atoms with Crippen LogP contribution in [0.3, 0.4) is 0 Å². The van der Waals surface area contributed by atoms with E-state index in [0.717, 1.165) is 27.7 Å². The monoisotopic (exact) mass is 319 g/mol. The van der Waals surface area contributed by atoms with Gasteiger partial charge in [-0.15, -0.1) is 0 Å². The average Bonchev–Trinajstić information content (AvgIpc) is 2.98. The van der Waals surface area contributed by atoms with E-state index in [1.807, 2.05) is 36.4 Å². The maximum absolute atomic E-state index is 11.2. The summed E-state index contributed by atoms with van der Waals surface area (Å²) in [6.07, 6.45) is 0. The molecule has 0 spiro atoms. The lowest BCUT2D eigenvalue weighted by atomic mass is 10.0. The van der Waals surface area contributed by atoms with Gasteiger partial charge in [0.1, 0.15) is 16.9 Å². The molecule has 0 N–H and O–H groups in total. The molecule has 0 aliphatic carbocycles. The van der Waals surface area contributed by atoms with Crippen LogP contribution in [-0.2, 0) is 0 Å². The van der Waals surface area contributed by atoms with Crippen molar-refractivity contribution in [1.29, 1.82) is 0 Å². The highest BCUT2D eigenvalue weighted by Gasteiger charge is 2.16. The van der Waals surface area contributed by atoms with Crippen molar-refractivity contribution < 1.29 is 14.1 Å². The van der Waals surface area contributed by atoms with E-state index in [0.29, 0.717) is 11.1 Å². The predicted octanol–water partition coefficient (Wildman–Crippen LogP) is 5.17. The molecule has 0 aliphatic rings. The predicted molar refractivity (Wildman–Crippen MR) is 92.4 cm³/mol. The smallest absolute Gasteiger partial charge is 0.277 e. The van der Waals surface area contributed by atoms with Gasteiger partial charge in [0.15, 0.2) is 0 Å². The van der Waals surface area contributed by atoms with Crippen LogP contribution < -0.4 is 4.74 Å². The summed E-state index contributed by atoms with van der Waals surface area (Å²) in [6.45, 7) is 0. The Kier molecular flexibility index (Phi) is 3.20. The van der Waals surface area contributed by atoms with Gasteiger partial charge in [0.2, 0.25) is 0 Å². The Balaban J connectivity index is 1.93. The van der Waals surface area contributed by atoms with Crippen LogP contribution in [0.5, 0.6) is 5.75 Å². The van der Waals surface area contributed by atoms with Gasteiger partial charge in [-0.2, -0.15) is 0 Å². The fraction of sp³-hybridized carbons (Fsp3) is 0.0526. The van der Waals surface area contributed by atoms with E-state index < -0.39 is 0 Å². The van der Waals surface area contributed by atoms with Crippen molar-refractivity contribution in [3.05, 3.63) is 70.8 Å². The molecule has 118 valence electrons. The molecule has 4 rings (SSSR count). The van der Waals surface area contributed by atoms with E-state index in [-0.39, 0.29) is 10.6 Å². The molecule has 0 bridgehead atoms. The van der Waals surface area contributed by atoms with Crippen LogP contribution >= 0.6 is 0 Å². The molecular formula is C19H13NO4. The second-order valence-corrected chi connectivity index (χ2v) is 5.45. The number of methoxy groups -OCH3 is 1. The Bertz CT molecular complexity index is 1080. The topological polar surface area (TPSA) is 65.5 Å². The highest BCUT2D eigenvalue weighted by molar-refractivity contribution is 6.06. The largest absolute Gasteiger partial charge is 0.497 e. The number of fused-ring (bicyclic) bond motifs is 3. The first-order valence-corrected chi connectivity index (χ1v) is 7.41. The molecule has 1 heterocycles. The third-order valence-corrected chi connectivity index (χ3v) is 4.09. The third-order valence-electron chi connectivity index (χ3n) is 4.09. The number of para-hydroxylation sites is 1. The highest BCUT2D eigenvalue weighted by Crippen LogP contribution is 2.36. The number of ether oxygens (including phenoxy) is 1. The molecule has 4 aromatic rings. The van der Waals surface area contributed by atoms with Gasteiger partial charge in [-0.25, -0.2) is 0 Å². The number of hydrogen-bond donors (Lipinski definition) is 0. The van der Waals surface area contributed by atoms with Crippen molar-refractivity contribution in [3.63, 3.8) is 0 Å². The molecule has 0 unspecified atom stereocenters. The van der Waals surface area contributed by atoms with Gasteiger partial charge in [0.05, 0.1) is 17.6 Å². The third kappa shape index (κ3) is 2.18. The van der Waals surface area contributed by atoms with Crippen LogP contribution in [0.15, 0.2) is 65.1 Å². The van der Waals surface area contributed by atoms with Crippen LogP contribution in [0.25, 0.3) is 33.1 Å². The standard InChI is InChI=1S/C19H13NO4/c1-23-13-7-9-16-15-8-6-12(10-18(15)24-19(16)11-13)14-4-2-3-5-17(14)20(21)22/h2-11H,1H3. The van der Waals surface area contributed by atoms with Crippen LogP contribution in [0.4, 0.5) is 5.69 Å². The molecule has 0 saturated heterocycles. The van der Waals surface area contributed by atoms with Gasteiger partial charge in [-0.05, 0) is 35.9 Å². The second kappa shape index (κ2) is 5.38. The molecule has 0 fully saturated rings. The zero-order valence-electron chi connectivity index (χ0n) is 12.9.